The summed E-state index contributed by atoms with van der Waals surface area (Å²) in [4.78, 5) is 21.8. The highest BCUT2D eigenvalue weighted by Gasteiger charge is 2.47. The lowest BCUT2D eigenvalue weighted by Crippen LogP contribution is -2.07. The molecule has 13 heavy (non-hydrogen) atoms. The van der Waals surface area contributed by atoms with Crippen molar-refractivity contribution < 1.29 is 14.7 Å². The van der Waals surface area contributed by atoms with E-state index in [1.807, 2.05) is 0 Å². The van der Waals surface area contributed by atoms with Crippen LogP contribution in [0.3, 0.4) is 0 Å². The smallest absolute Gasteiger partial charge is 0.307 e. The molecule has 0 amide bonds. The highest BCUT2D eigenvalue weighted by Crippen LogP contribution is 2.40. The van der Waals surface area contributed by atoms with E-state index in [4.69, 9.17) is 5.11 Å². The van der Waals surface area contributed by atoms with Crippen LogP contribution in [0.1, 0.15) is 39.0 Å². The number of ketones is 1. The Labute approximate surface area is 78.1 Å². The largest absolute Gasteiger partial charge is 0.481 e. The Morgan fingerprint density at radius 2 is 2.00 bits per heavy atom. The first-order chi connectivity index (χ1) is 6.16. The van der Waals surface area contributed by atoms with Crippen molar-refractivity contribution in [3.8, 4) is 0 Å². The standard InChI is InChI=1S/C10H16O3/c1-2-3-4-5-9(11)7-6-8(7)10(12)13/h7-8H,2-6H2,1H3,(H,12,13)/t7-,8-/m0/s1. The van der Waals surface area contributed by atoms with Gasteiger partial charge in [-0.1, -0.05) is 19.8 Å². The van der Waals surface area contributed by atoms with Crippen LogP contribution in [-0.2, 0) is 9.59 Å². The second-order valence-corrected chi connectivity index (χ2v) is 3.71. The molecule has 0 saturated heterocycles. The zero-order valence-electron chi connectivity index (χ0n) is 7.95. The number of carbonyl (C=O) groups excluding carboxylic acids is 1. The van der Waals surface area contributed by atoms with Gasteiger partial charge in [-0.15, -0.1) is 0 Å². The summed E-state index contributed by atoms with van der Waals surface area (Å²) in [5.74, 6) is -1.18. The summed E-state index contributed by atoms with van der Waals surface area (Å²) in [6.07, 6.45) is 4.22. The molecule has 1 saturated carbocycles. The van der Waals surface area contributed by atoms with Crippen molar-refractivity contribution in [1.29, 1.82) is 0 Å². The molecule has 0 aromatic carbocycles. The first-order valence-electron chi connectivity index (χ1n) is 4.92. The number of Topliss-reactive ketones (excluding diaryl/α,β-unsaturated/α-hetero) is 1. The fourth-order valence-electron chi connectivity index (χ4n) is 1.56. The van der Waals surface area contributed by atoms with E-state index < -0.39 is 5.97 Å². The average molecular weight is 184 g/mol. The van der Waals surface area contributed by atoms with Crippen LogP contribution in [0.25, 0.3) is 0 Å². The van der Waals surface area contributed by atoms with Crippen molar-refractivity contribution in [2.45, 2.75) is 39.0 Å². The molecule has 0 unspecified atom stereocenters. The number of carboxylic acid groups (broad SMARTS) is 1. The van der Waals surface area contributed by atoms with Crippen LogP contribution < -0.4 is 0 Å². The molecule has 3 nitrogen and oxygen atoms in total. The van der Waals surface area contributed by atoms with Crippen molar-refractivity contribution in [2.75, 3.05) is 0 Å². The van der Waals surface area contributed by atoms with Crippen LogP contribution in [0.2, 0.25) is 0 Å². The van der Waals surface area contributed by atoms with Gasteiger partial charge in [0.2, 0.25) is 0 Å². The highest BCUT2D eigenvalue weighted by atomic mass is 16.4. The monoisotopic (exact) mass is 184 g/mol. The van der Waals surface area contributed by atoms with Gasteiger partial charge in [-0.3, -0.25) is 9.59 Å². The minimum absolute atomic E-state index is 0.154. The Morgan fingerprint density at radius 1 is 1.31 bits per heavy atom. The number of rotatable bonds is 6. The normalized spacial score (nSPS) is 25.6. The van der Waals surface area contributed by atoms with E-state index in [-0.39, 0.29) is 17.6 Å². The van der Waals surface area contributed by atoms with Crippen LogP contribution in [-0.4, -0.2) is 16.9 Å². The summed E-state index contributed by atoms with van der Waals surface area (Å²) in [5.41, 5.74) is 0. The van der Waals surface area contributed by atoms with E-state index in [1.165, 1.54) is 0 Å². The molecule has 0 radical (unpaired) electrons. The zero-order chi connectivity index (χ0) is 9.84. The molecular weight excluding hydrogens is 168 g/mol. The van der Waals surface area contributed by atoms with Gasteiger partial charge in [-0.25, -0.2) is 0 Å². The molecule has 0 spiro atoms. The van der Waals surface area contributed by atoms with Crippen LogP contribution in [0.15, 0.2) is 0 Å². The molecule has 0 aliphatic heterocycles. The number of aliphatic carboxylic acids is 1. The van der Waals surface area contributed by atoms with E-state index in [1.54, 1.807) is 0 Å². The number of hydrogen-bond acceptors (Lipinski definition) is 2. The van der Waals surface area contributed by atoms with Crippen molar-refractivity contribution >= 4 is 11.8 Å². The second kappa shape index (κ2) is 4.40. The third-order valence-corrected chi connectivity index (χ3v) is 2.55. The predicted octanol–water partition coefficient (Wildman–Crippen LogP) is 1.86. The highest BCUT2D eigenvalue weighted by molar-refractivity contribution is 5.90. The van der Waals surface area contributed by atoms with Gasteiger partial charge in [0.05, 0.1) is 5.92 Å². The van der Waals surface area contributed by atoms with E-state index in [0.29, 0.717) is 12.8 Å². The van der Waals surface area contributed by atoms with Crippen LogP contribution in [0, 0.1) is 11.8 Å². The fraction of sp³-hybridized carbons (Fsp3) is 0.800. The van der Waals surface area contributed by atoms with Gasteiger partial charge in [0.1, 0.15) is 5.78 Å². The Balaban J connectivity index is 2.16. The Kier molecular flexibility index (Phi) is 3.46. The summed E-state index contributed by atoms with van der Waals surface area (Å²) in [5, 5.41) is 8.59. The summed E-state index contributed by atoms with van der Waals surface area (Å²) in [6, 6.07) is 0. The summed E-state index contributed by atoms with van der Waals surface area (Å²) in [7, 11) is 0. The van der Waals surface area contributed by atoms with E-state index in [2.05, 4.69) is 6.92 Å². The molecule has 1 aliphatic rings. The molecular formula is C10H16O3. The van der Waals surface area contributed by atoms with Crippen molar-refractivity contribution in [3.63, 3.8) is 0 Å². The molecule has 0 bridgehead atoms. The first kappa shape index (κ1) is 10.2. The molecule has 0 aromatic heterocycles. The number of carbonyl (C=O) groups is 2. The maximum absolute atomic E-state index is 11.3. The summed E-state index contributed by atoms with van der Waals surface area (Å²) >= 11 is 0. The first-order valence-corrected chi connectivity index (χ1v) is 4.92. The van der Waals surface area contributed by atoms with Crippen LogP contribution in [0.5, 0.6) is 0 Å². The van der Waals surface area contributed by atoms with Gasteiger partial charge in [-0.2, -0.15) is 0 Å². The summed E-state index contributed by atoms with van der Waals surface area (Å²) in [6.45, 7) is 2.08. The van der Waals surface area contributed by atoms with Gasteiger partial charge in [0.25, 0.3) is 0 Å². The molecule has 1 N–H and O–H groups in total. The topological polar surface area (TPSA) is 54.4 Å². The Bertz CT molecular complexity index is 210. The third kappa shape index (κ3) is 2.83. The summed E-state index contributed by atoms with van der Waals surface area (Å²) < 4.78 is 0. The maximum Gasteiger partial charge on any atom is 0.307 e. The second-order valence-electron chi connectivity index (χ2n) is 3.71. The number of hydrogen-bond donors (Lipinski definition) is 1. The zero-order valence-corrected chi connectivity index (χ0v) is 7.95. The molecule has 1 fully saturated rings. The minimum atomic E-state index is -0.811. The minimum Gasteiger partial charge on any atom is -0.481 e. The SMILES string of the molecule is CCCCCC(=O)[C@H]1C[C@@H]1C(=O)O. The molecule has 74 valence electrons. The van der Waals surface area contributed by atoms with Gasteiger partial charge in [0, 0.05) is 12.3 Å². The molecule has 1 aliphatic carbocycles. The van der Waals surface area contributed by atoms with E-state index >= 15 is 0 Å². The van der Waals surface area contributed by atoms with E-state index in [9.17, 15) is 9.59 Å². The fourth-order valence-corrected chi connectivity index (χ4v) is 1.56. The van der Waals surface area contributed by atoms with Crippen molar-refractivity contribution in [1.82, 2.24) is 0 Å². The molecule has 2 atom stereocenters. The molecule has 1 rings (SSSR count). The van der Waals surface area contributed by atoms with Crippen molar-refractivity contribution in [3.05, 3.63) is 0 Å². The molecule has 0 heterocycles. The third-order valence-electron chi connectivity index (χ3n) is 2.55. The lowest BCUT2D eigenvalue weighted by Gasteiger charge is -1.97. The van der Waals surface area contributed by atoms with Gasteiger partial charge < -0.3 is 5.11 Å². The lowest BCUT2D eigenvalue weighted by molar-refractivity contribution is -0.140. The predicted molar refractivity (Wildman–Crippen MR) is 48.4 cm³/mol. The molecule has 0 aromatic rings. The van der Waals surface area contributed by atoms with Crippen LogP contribution in [0.4, 0.5) is 0 Å². The molecule has 3 heteroatoms. The number of unbranched alkanes of at least 4 members (excludes halogenated alkanes) is 2. The van der Waals surface area contributed by atoms with Crippen molar-refractivity contribution in [2.24, 2.45) is 11.8 Å². The van der Waals surface area contributed by atoms with Gasteiger partial charge in [-0.05, 0) is 12.8 Å². The van der Waals surface area contributed by atoms with Crippen LogP contribution >= 0.6 is 0 Å². The average Bonchev–Trinajstić information content (AvgIpc) is 2.83. The quantitative estimate of drug-likeness (QED) is 0.641. The number of carboxylic acids is 1. The maximum atomic E-state index is 11.3. The lowest BCUT2D eigenvalue weighted by atomic mass is 10.1. The Hall–Kier alpha value is -0.860. The van der Waals surface area contributed by atoms with Gasteiger partial charge in [0.15, 0.2) is 0 Å². The van der Waals surface area contributed by atoms with Gasteiger partial charge >= 0.3 is 5.97 Å². The Morgan fingerprint density at radius 3 is 2.46 bits per heavy atom. The van der Waals surface area contributed by atoms with E-state index in [0.717, 1.165) is 19.3 Å².